The number of thiazole rings is 1. The molecule has 2 N–H and O–H groups in total. The summed E-state index contributed by atoms with van der Waals surface area (Å²) in [5, 5.41) is 2.19. The molecule has 3 rings (SSSR count). The van der Waals surface area contributed by atoms with Gasteiger partial charge in [0.2, 0.25) is 10.0 Å². The predicted octanol–water partition coefficient (Wildman–Crippen LogP) is -0.147. The van der Waals surface area contributed by atoms with E-state index in [0.29, 0.717) is 31.4 Å². The van der Waals surface area contributed by atoms with E-state index in [4.69, 9.17) is 4.74 Å². The molecule has 1 saturated heterocycles. The zero-order valence-electron chi connectivity index (χ0n) is 16.2. The molecule has 30 heavy (non-hydrogen) atoms. The number of carbonyl (C=O) groups is 1. The fraction of sp³-hybridized carbons (Fsp3) is 0.375. The third-order valence-electron chi connectivity index (χ3n) is 4.22. The van der Waals surface area contributed by atoms with Gasteiger partial charge >= 0.3 is 0 Å². The summed E-state index contributed by atoms with van der Waals surface area (Å²) in [6.45, 7) is 2.49. The second-order valence-corrected chi connectivity index (χ2v) is 11.1. The van der Waals surface area contributed by atoms with Gasteiger partial charge in [-0.05, 0) is 24.3 Å². The first-order chi connectivity index (χ1) is 14.1. The van der Waals surface area contributed by atoms with Crippen molar-refractivity contribution in [3.05, 3.63) is 35.3 Å². The van der Waals surface area contributed by atoms with Gasteiger partial charge in [0.15, 0.2) is 5.13 Å². The Kier molecular flexibility index (Phi) is 6.74. The molecule has 0 atom stereocenters. The van der Waals surface area contributed by atoms with Crippen LogP contribution in [0.2, 0.25) is 0 Å². The van der Waals surface area contributed by atoms with Crippen LogP contribution in [0.25, 0.3) is 0 Å². The van der Waals surface area contributed by atoms with Gasteiger partial charge < -0.3 is 9.64 Å². The molecule has 164 valence electrons. The van der Waals surface area contributed by atoms with Crippen LogP contribution >= 0.6 is 11.3 Å². The van der Waals surface area contributed by atoms with Crippen molar-refractivity contribution in [3.63, 3.8) is 0 Å². The van der Waals surface area contributed by atoms with Gasteiger partial charge in [-0.2, -0.15) is 0 Å². The second-order valence-electron chi connectivity index (χ2n) is 6.43. The number of morpholine rings is 1. The lowest BCUT2D eigenvalue weighted by molar-refractivity contribution is 0.0940. The highest BCUT2D eigenvalue weighted by molar-refractivity contribution is 7.89. The van der Waals surface area contributed by atoms with Crippen molar-refractivity contribution in [1.82, 2.24) is 19.5 Å². The smallest absolute Gasteiger partial charge is 0.285 e. The van der Waals surface area contributed by atoms with E-state index in [1.165, 1.54) is 42.9 Å². The standard InChI is InChI=1S/C16H21N5O6S3/c1-20(2)30(25,26)13-5-3-12(4-6-13)29(23,24)19-18-15(22)14-11-28-16(17-14)21-7-9-27-10-8-21/h3-6,11,19H,7-10H2,1-2H3,(H,18,22). The molecule has 0 saturated carbocycles. The van der Waals surface area contributed by atoms with Crippen LogP contribution in [-0.2, 0) is 24.8 Å². The first kappa shape index (κ1) is 22.6. The average Bonchev–Trinajstić information content (AvgIpc) is 3.23. The Morgan fingerprint density at radius 1 is 1.10 bits per heavy atom. The normalized spacial score (nSPS) is 15.4. The minimum absolute atomic E-state index is 0.0476. The van der Waals surface area contributed by atoms with Gasteiger partial charge in [-0.15, -0.1) is 16.2 Å². The summed E-state index contributed by atoms with van der Waals surface area (Å²) >= 11 is 1.28. The van der Waals surface area contributed by atoms with Gasteiger partial charge in [-0.3, -0.25) is 10.2 Å². The molecular formula is C16H21N5O6S3. The lowest BCUT2D eigenvalue weighted by Crippen LogP contribution is -2.41. The molecule has 0 unspecified atom stereocenters. The maximum Gasteiger partial charge on any atom is 0.285 e. The first-order valence-corrected chi connectivity index (χ1v) is 12.5. The van der Waals surface area contributed by atoms with Crippen molar-refractivity contribution in [2.24, 2.45) is 0 Å². The number of nitrogens with one attached hydrogen (secondary N) is 2. The van der Waals surface area contributed by atoms with E-state index in [1.54, 1.807) is 0 Å². The number of rotatable bonds is 7. The summed E-state index contributed by atoms with van der Waals surface area (Å²) in [4.78, 5) is 20.2. The second kappa shape index (κ2) is 8.95. The van der Waals surface area contributed by atoms with E-state index in [0.717, 1.165) is 16.4 Å². The summed E-state index contributed by atoms with van der Waals surface area (Å²) in [6.07, 6.45) is 0. The van der Waals surface area contributed by atoms with Crippen LogP contribution in [0, 0.1) is 0 Å². The Morgan fingerprint density at radius 3 is 2.30 bits per heavy atom. The van der Waals surface area contributed by atoms with Crippen LogP contribution in [0.4, 0.5) is 5.13 Å². The molecule has 1 fully saturated rings. The van der Waals surface area contributed by atoms with Crippen molar-refractivity contribution < 1.29 is 26.4 Å². The van der Waals surface area contributed by atoms with E-state index < -0.39 is 26.0 Å². The van der Waals surface area contributed by atoms with Crippen LogP contribution in [0.3, 0.4) is 0 Å². The molecule has 1 aliphatic heterocycles. The molecule has 2 aromatic rings. The number of anilines is 1. The third-order valence-corrected chi connectivity index (χ3v) is 8.21. The van der Waals surface area contributed by atoms with Gasteiger partial charge in [-0.1, -0.05) is 0 Å². The first-order valence-electron chi connectivity index (χ1n) is 8.74. The Morgan fingerprint density at radius 2 is 1.70 bits per heavy atom. The molecule has 0 aliphatic carbocycles. The minimum atomic E-state index is -4.10. The summed E-state index contributed by atoms with van der Waals surface area (Å²) in [7, 11) is -5.03. The third kappa shape index (κ3) is 4.96. The molecule has 0 radical (unpaired) electrons. The molecular weight excluding hydrogens is 454 g/mol. The summed E-state index contributed by atoms with van der Waals surface area (Å²) in [5.41, 5.74) is 2.19. The van der Waals surface area contributed by atoms with Crippen LogP contribution in [0.5, 0.6) is 0 Å². The minimum Gasteiger partial charge on any atom is -0.378 e. The Labute approximate surface area is 178 Å². The number of sulfonamides is 2. The van der Waals surface area contributed by atoms with Crippen molar-refractivity contribution in [3.8, 4) is 0 Å². The fourth-order valence-electron chi connectivity index (χ4n) is 2.51. The number of nitrogens with zero attached hydrogens (tertiary/aromatic N) is 3. The molecule has 1 aliphatic rings. The van der Waals surface area contributed by atoms with Crippen LogP contribution in [0.15, 0.2) is 39.4 Å². The zero-order chi connectivity index (χ0) is 21.9. The summed E-state index contributed by atoms with van der Waals surface area (Å²) < 4.78 is 55.2. The quantitative estimate of drug-likeness (QED) is 0.528. The number of hydrogen-bond acceptors (Lipinski definition) is 9. The summed E-state index contributed by atoms with van der Waals surface area (Å²) in [5.74, 6) is -0.707. The highest BCUT2D eigenvalue weighted by Gasteiger charge is 2.22. The lowest BCUT2D eigenvalue weighted by Gasteiger charge is -2.25. The van der Waals surface area contributed by atoms with Gasteiger partial charge in [0.25, 0.3) is 15.9 Å². The monoisotopic (exact) mass is 475 g/mol. The molecule has 2 heterocycles. The number of ether oxygens (including phenoxy) is 1. The summed E-state index contributed by atoms with van der Waals surface area (Å²) in [6, 6.07) is 4.65. The van der Waals surface area contributed by atoms with E-state index in [2.05, 4.69) is 10.4 Å². The lowest BCUT2D eigenvalue weighted by atomic mass is 10.4. The van der Waals surface area contributed by atoms with Crippen molar-refractivity contribution >= 4 is 42.4 Å². The number of carbonyl (C=O) groups excluding carboxylic acids is 1. The molecule has 0 bridgehead atoms. The van der Waals surface area contributed by atoms with Gasteiger partial charge in [0.05, 0.1) is 23.0 Å². The van der Waals surface area contributed by atoms with E-state index in [9.17, 15) is 21.6 Å². The van der Waals surface area contributed by atoms with E-state index in [1.807, 2.05) is 9.73 Å². The van der Waals surface area contributed by atoms with Gasteiger partial charge in [-0.25, -0.2) is 26.1 Å². The largest absolute Gasteiger partial charge is 0.378 e. The molecule has 1 aromatic carbocycles. The molecule has 0 spiro atoms. The SMILES string of the molecule is CN(C)S(=O)(=O)c1ccc(S(=O)(=O)NNC(=O)c2csc(N3CCOCC3)n2)cc1. The van der Waals surface area contributed by atoms with E-state index >= 15 is 0 Å². The van der Waals surface area contributed by atoms with Crippen LogP contribution in [0.1, 0.15) is 10.5 Å². The van der Waals surface area contributed by atoms with Crippen molar-refractivity contribution in [2.75, 3.05) is 45.3 Å². The van der Waals surface area contributed by atoms with Crippen molar-refractivity contribution in [1.29, 1.82) is 0 Å². The predicted molar refractivity (Wildman–Crippen MR) is 110 cm³/mol. The highest BCUT2D eigenvalue weighted by atomic mass is 32.2. The van der Waals surface area contributed by atoms with Crippen molar-refractivity contribution in [2.45, 2.75) is 9.79 Å². The Hall–Kier alpha value is -2.10. The molecule has 14 heteroatoms. The average molecular weight is 476 g/mol. The topological polar surface area (TPSA) is 138 Å². The Balaban J connectivity index is 1.65. The number of amides is 1. The van der Waals surface area contributed by atoms with Crippen LogP contribution in [-0.4, -0.2) is 72.4 Å². The van der Waals surface area contributed by atoms with Gasteiger partial charge in [0.1, 0.15) is 5.69 Å². The van der Waals surface area contributed by atoms with Crippen LogP contribution < -0.4 is 15.2 Å². The maximum atomic E-state index is 12.4. The zero-order valence-corrected chi connectivity index (χ0v) is 18.7. The fourth-order valence-corrected chi connectivity index (χ4v) is 5.11. The highest BCUT2D eigenvalue weighted by Crippen LogP contribution is 2.21. The molecule has 1 aromatic heterocycles. The number of hydrazine groups is 1. The Bertz CT molecular complexity index is 1110. The number of hydrogen-bond donors (Lipinski definition) is 2. The number of aromatic nitrogens is 1. The molecule has 11 nitrogen and oxygen atoms in total. The van der Waals surface area contributed by atoms with Gasteiger partial charge in [0, 0.05) is 32.6 Å². The molecule has 1 amide bonds. The van der Waals surface area contributed by atoms with E-state index in [-0.39, 0.29) is 15.5 Å². The number of benzene rings is 1. The maximum absolute atomic E-state index is 12.4.